The highest BCUT2D eigenvalue weighted by Gasteiger charge is 2.57. The van der Waals surface area contributed by atoms with Crippen molar-refractivity contribution >= 4 is 29.9 Å². The van der Waals surface area contributed by atoms with Gasteiger partial charge in [-0.1, -0.05) is 12.8 Å². The van der Waals surface area contributed by atoms with Crippen LogP contribution in [-0.2, 0) is 9.47 Å². The number of hydrogen-bond donors (Lipinski definition) is 1. The predicted molar refractivity (Wildman–Crippen MR) is 124 cm³/mol. The molecule has 4 fully saturated rings. The Morgan fingerprint density at radius 2 is 1.96 bits per heavy atom. The second-order valence-corrected chi connectivity index (χ2v) is 8.88. The monoisotopic (exact) mass is 506 g/mol. The molecule has 2 heterocycles. The molecule has 0 bridgehead atoms. The fraction of sp³-hybridized carbons (Fsp3) is 0.952. The fourth-order valence-corrected chi connectivity index (χ4v) is 5.86. The number of nitrogens with zero attached hydrogens (tertiary/aromatic N) is 3. The summed E-state index contributed by atoms with van der Waals surface area (Å²) in [6.45, 7) is 10.4. The topological polar surface area (TPSA) is 49.3 Å². The molecule has 2 aliphatic carbocycles. The second-order valence-electron chi connectivity index (χ2n) is 8.88. The van der Waals surface area contributed by atoms with Crippen molar-refractivity contribution in [3.05, 3.63) is 0 Å². The number of halogens is 1. The van der Waals surface area contributed by atoms with Gasteiger partial charge in [0.25, 0.3) is 0 Å². The number of morpholine rings is 1. The Balaban J connectivity index is 0.00000225. The lowest BCUT2D eigenvalue weighted by Gasteiger charge is -2.54. The zero-order valence-electron chi connectivity index (χ0n) is 17.7. The highest BCUT2D eigenvalue weighted by atomic mass is 127. The van der Waals surface area contributed by atoms with Crippen molar-refractivity contribution in [1.82, 2.24) is 15.1 Å². The van der Waals surface area contributed by atoms with E-state index in [2.05, 4.69) is 27.0 Å². The van der Waals surface area contributed by atoms with Crippen LogP contribution >= 0.6 is 24.0 Å². The van der Waals surface area contributed by atoms with Crippen molar-refractivity contribution in [2.45, 2.75) is 57.6 Å². The molecule has 2 saturated heterocycles. The minimum atomic E-state index is 0. The van der Waals surface area contributed by atoms with Gasteiger partial charge in [-0.25, -0.2) is 0 Å². The van der Waals surface area contributed by atoms with Gasteiger partial charge >= 0.3 is 0 Å². The zero-order chi connectivity index (χ0) is 18.7. The van der Waals surface area contributed by atoms with E-state index in [-0.39, 0.29) is 24.0 Å². The van der Waals surface area contributed by atoms with Gasteiger partial charge in [0.15, 0.2) is 5.96 Å². The van der Waals surface area contributed by atoms with Gasteiger partial charge < -0.3 is 19.7 Å². The van der Waals surface area contributed by atoms with Crippen LogP contribution in [-0.4, -0.2) is 87.5 Å². The van der Waals surface area contributed by atoms with Gasteiger partial charge in [0, 0.05) is 57.8 Å². The summed E-state index contributed by atoms with van der Waals surface area (Å²) in [5.41, 5.74) is 0.360. The van der Waals surface area contributed by atoms with Crippen LogP contribution in [0.4, 0.5) is 0 Å². The highest BCUT2D eigenvalue weighted by Crippen LogP contribution is 2.54. The summed E-state index contributed by atoms with van der Waals surface area (Å²) < 4.78 is 11.6. The first kappa shape index (κ1) is 22.6. The molecule has 7 heteroatoms. The van der Waals surface area contributed by atoms with Crippen LogP contribution < -0.4 is 5.32 Å². The third-order valence-electron chi connectivity index (χ3n) is 7.41. The molecule has 3 atom stereocenters. The Morgan fingerprint density at radius 3 is 2.64 bits per heavy atom. The average Bonchev–Trinajstić information content (AvgIpc) is 3.36. The maximum Gasteiger partial charge on any atom is 0.193 e. The van der Waals surface area contributed by atoms with Crippen LogP contribution in [0.2, 0.25) is 0 Å². The molecule has 4 aliphatic rings. The SMILES string of the molecule is CCOC1CC(NC(=NC)N2CCC(CN3CCOCC3)C2)C12CCCC2.I. The van der Waals surface area contributed by atoms with Crippen molar-refractivity contribution < 1.29 is 9.47 Å². The van der Waals surface area contributed by atoms with Crippen LogP contribution in [0, 0.1) is 11.3 Å². The molecular weight excluding hydrogens is 467 g/mol. The summed E-state index contributed by atoms with van der Waals surface area (Å²) in [4.78, 5) is 9.71. The summed E-state index contributed by atoms with van der Waals surface area (Å²) in [6, 6.07) is 0.536. The number of likely N-dealkylation sites (tertiary alicyclic amines) is 1. The van der Waals surface area contributed by atoms with Crippen LogP contribution in [0.5, 0.6) is 0 Å². The van der Waals surface area contributed by atoms with Crippen LogP contribution in [0.15, 0.2) is 4.99 Å². The van der Waals surface area contributed by atoms with Crippen molar-refractivity contribution in [2.75, 3.05) is 59.6 Å². The van der Waals surface area contributed by atoms with Gasteiger partial charge in [0.2, 0.25) is 0 Å². The lowest BCUT2D eigenvalue weighted by Crippen LogP contribution is -2.65. The number of ether oxygens (including phenoxy) is 2. The maximum absolute atomic E-state index is 6.08. The maximum atomic E-state index is 6.08. The fourth-order valence-electron chi connectivity index (χ4n) is 5.86. The molecule has 3 unspecified atom stereocenters. The molecule has 4 rings (SSSR count). The largest absolute Gasteiger partial charge is 0.379 e. The van der Waals surface area contributed by atoms with Gasteiger partial charge in [0.1, 0.15) is 0 Å². The van der Waals surface area contributed by atoms with E-state index in [4.69, 9.17) is 9.47 Å². The summed E-state index contributed by atoms with van der Waals surface area (Å²) in [5, 5.41) is 3.85. The number of hydrogen-bond acceptors (Lipinski definition) is 4. The lowest BCUT2D eigenvalue weighted by atomic mass is 9.60. The minimum absolute atomic E-state index is 0. The van der Waals surface area contributed by atoms with Crippen molar-refractivity contribution in [3.8, 4) is 0 Å². The molecule has 28 heavy (non-hydrogen) atoms. The standard InChI is InChI=1S/C21H38N4O2.HI/c1-3-27-19-14-18(21(19)7-4-5-8-21)23-20(22-2)25-9-6-17(16-25)15-24-10-12-26-13-11-24;/h17-19H,3-16H2,1-2H3,(H,22,23);1H. The molecule has 0 aromatic carbocycles. The third kappa shape index (κ3) is 4.62. The first-order valence-electron chi connectivity index (χ1n) is 11.1. The van der Waals surface area contributed by atoms with Crippen LogP contribution in [0.1, 0.15) is 45.4 Å². The van der Waals surface area contributed by atoms with Crippen molar-refractivity contribution in [3.63, 3.8) is 0 Å². The predicted octanol–water partition coefficient (Wildman–Crippen LogP) is 2.57. The molecule has 0 radical (unpaired) electrons. The average molecular weight is 506 g/mol. The van der Waals surface area contributed by atoms with Crippen molar-refractivity contribution in [1.29, 1.82) is 0 Å². The Labute approximate surface area is 187 Å². The summed E-state index contributed by atoms with van der Waals surface area (Å²) in [7, 11) is 1.94. The summed E-state index contributed by atoms with van der Waals surface area (Å²) in [6.07, 6.45) is 8.19. The van der Waals surface area contributed by atoms with Gasteiger partial charge in [-0.2, -0.15) is 0 Å². The lowest BCUT2D eigenvalue weighted by molar-refractivity contribution is -0.126. The summed E-state index contributed by atoms with van der Waals surface area (Å²) >= 11 is 0. The molecule has 1 N–H and O–H groups in total. The van der Waals surface area contributed by atoms with E-state index >= 15 is 0 Å². The Bertz CT molecular complexity index is 521. The Hall–Kier alpha value is -0.120. The third-order valence-corrected chi connectivity index (χ3v) is 7.41. The van der Waals surface area contributed by atoms with Gasteiger partial charge in [-0.05, 0) is 38.5 Å². The molecular formula is C21H39IN4O2. The highest BCUT2D eigenvalue weighted by molar-refractivity contribution is 14.0. The molecule has 0 amide bonds. The van der Waals surface area contributed by atoms with E-state index in [9.17, 15) is 0 Å². The summed E-state index contributed by atoms with van der Waals surface area (Å²) in [5.74, 6) is 1.87. The van der Waals surface area contributed by atoms with Crippen molar-refractivity contribution in [2.24, 2.45) is 16.3 Å². The van der Waals surface area contributed by atoms with Gasteiger partial charge in [-0.15, -0.1) is 24.0 Å². The quantitative estimate of drug-likeness (QED) is 0.353. The minimum Gasteiger partial charge on any atom is -0.379 e. The van der Waals surface area contributed by atoms with Crippen LogP contribution in [0.3, 0.4) is 0 Å². The molecule has 162 valence electrons. The van der Waals surface area contributed by atoms with E-state index in [1.165, 1.54) is 38.6 Å². The number of nitrogens with one attached hydrogen (secondary N) is 1. The normalized spacial score (nSPS) is 33.0. The smallest absolute Gasteiger partial charge is 0.193 e. The second kappa shape index (κ2) is 10.3. The number of aliphatic imine (C=N–C) groups is 1. The van der Waals surface area contributed by atoms with Gasteiger partial charge in [-0.3, -0.25) is 9.89 Å². The van der Waals surface area contributed by atoms with E-state index in [0.29, 0.717) is 17.6 Å². The Morgan fingerprint density at radius 1 is 1.21 bits per heavy atom. The molecule has 2 saturated carbocycles. The molecule has 0 aromatic heterocycles. The van der Waals surface area contributed by atoms with E-state index in [1.807, 2.05) is 7.05 Å². The Kier molecular flexibility index (Phi) is 8.27. The number of guanidine groups is 1. The molecule has 2 aliphatic heterocycles. The molecule has 6 nitrogen and oxygen atoms in total. The molecule has 1 spiro atoms. The first-order valence-corrected chi connectivity index (χ1v) is 11.1. The van der Waals surface area contributed by atoms with Crippen LogP contribution in [0.25, 0.3) is 0 Å². The van der Waals surface area contributed by atoms with E-state index < -0.39 is 0 Å². The number of rotatable bonds is 5. The first-order chi connectivity index (χ1) is 13.2. The zero-order valence-corrected chi connectivity index (χ0v) is 20.0. The van der Waals surface area contributed by atoms with E-state index in [1.54, 1.807) is 0 Å². The van der Waals surface area contributed by atoms with E-state index in [0.717, 1.165) is 64.3 Å². The van der Waals surface area contributed by atoms with Gasteiger partial charge in [0.05, 0.1) is 19.3 Å². The molecule has 0 aromatic rings.